The second kappa shape index (κ2) is 14.5. The highest BCUT2D eigenvalue weighted by Crippen LogP contribution is 2.42. The molecule has 0 saturated carbocycles. The van der Waals surface area contributed by atoms with Gasteiger partial charge in [0.2, 0.25) is 35.2 Å². The molecule has 0 amide bonds. The van der Waals surface area contributed by atoms with E-state index in [-0.39, 0.29) is 39.3 Å². The third-order valence-corrected chi connectivity index (χ3v) is 9.12. The lowest BCUT2D eigenvalue weighted by Crippen LogP contribution is -2.52. The standard InChI is InChI=1S/C18H32N3O12P3/c22-14(23)1-4-17(28,34-30)20-8-6-19(13-36(32,33)12-3-16(26)27)7-9-21(11-10-20)18(29,35-31)5-2-15(24)25/h28-29H,1-13H2,(H,22,23)(H,24,25)(H,26,27)(H,32,33). The summed E-state index contributed by atoms with van der Waals surface area (Å²) in [5.41, 5.74) is -4.25. The molecule has 3 unspecified atom stereocenters. The average molecular weight is 575 g/mol. The lowest BCUT2D eigenvalue weighted by Gasteiger charge is -2.38. The molecule has 0 aromatic heterocycles. The number of carboxylic acid groups (broad SMARTS) is 3. The molecule has 1 aliphatic rings. The highest BCUT2D eigenvalue weighted by molar-refractivity contribution is 7.57. The van der Waals surface area contributed by atoms with Gasteiger partial charge in [-0.3, -0.25) is 42.8 Å². The minimum absolute atomic E-state index is 0.0268. The van der Waals surface area contributed by atoms with Crippen LogP contribution in [0.1, 0.15) is 32.1 Å². The Hall–Kier alpha value is -1.40. The van der Waals surface area contributed by atoms with E-state index in [1.54, 1.807) is 0 Å². The maximum absolute atomic E-state index is 12.6. The Morgan fingerprint density at radius 2 is 1.08 bits per heavy atom. The minimum atomic E-state index is -3.95. The van der Waals surface area contributed by atoms with Crippen molar-refractivity contribution in [3.8, 4) is 0 Å². The molecule has 15 nitrogen and oxygen atoms in total. The Labute approximate surface area is 210 Å². The van der Waals surface area contributed by atoms with Crippen LogP contribution in [0, 0.1) is 0 Å². The van der Waals surface area contributed by atoms with Crippen LogP contribution < -0.4 is 0 Å². The van der Waals surface area contributed by atoms with Crippen molar-refractivity contribution in [2.24, 2.45) is 0 Å². The van der Waals surface area contributed by atoms with Crippen molar-refractivity contribution >= 4 is 42.2 Å². The highest BCUT2D eigenvalue weighted by atomic mass is 31.2. The highest BCUT2D eigenvalue weighted by Gasteiger charge is 2.41. The molecule has 1 fully saturated rings. The van der Waals surface area contributed by atoms with E-state index in [0.717, 1.165) is 0 Å². The van der Waals surface area contributed by atoms with Crippen LogP contribution in [0.4, 0.5) is 0 Å². The molecule has 0 bridgehead atoms. The van der Waals surface area contributed by atoms with E-state index in [1.165, 1.54) is 14.7 Å². The van der Waals surface area contributed by atoms with Crippen molar-refractivity contribution in [1.29, 1.82) is 0 Å². The molecule has 1 heterocycles. The van der Waals surface area contributed by atoms with Crippen LogP contribution >= 0.6 is 24.3 Å². The van der Waals surface area contributed by atoms with E-state index in [9.17, 15) is 43.2 Å². The largest absolute Gasteiger partial charge is 0.481 e. The smallest absolute Gasteiger partial charge is 0.303 e. The maximum Gasteiger partial charge on any atom is 0.303 e. The predicted octanol–water partition coefficient (Wildman–Crippen LogP) is 0.214. The van der Waals surface area contributed by atoms with Crippen molar-refractivity contribution in [1.82, 2.24) is 14.7 Å². The monoisotopic (exact) mass is 575 g/mol. The van der Waals surface area contributed by atoms with Gasteiger partial charge in [-0.15, -0.1) is 0 Å². The number of hydrogen-bond acceptors (Lipinski definition) is 11. The van der Waals surface area contributed by atoms with E-state index >= 15 is 0 Å². The number of hydrogen-bond donors (Lipinski definition) is 6. The molecule has 0 radical (unpaired) electrons. The molecule has 0 spiro atoms. The Bertz CT molecular complexity index is 816. The zero-order valence-electron chi connectivity index (χ0n) is 19.5. The van der Waals surface area contributed by atoms with Crippen LogP contribution in [0.2, 0.25) is 0 Å². The van der Waals surface area contributed by atoms with Crippen LogP contribution in [0.3, 0.4) is 0 Å². The topological polar surface area (TPSA) is 234 Å². The van der Waals surface area contributed by atoms with Crippen molar-refractivity contribution in [3.63, 3.8) is 0 Å². The van der Waals surface area contributed by atoms with E-state index in [0.29, 0.717) is 0 Å². The van der Waals surface area contributed by atoms with Crippen LogP contribution in [0.15, 0.2) is 0 Å². The SMILES string of the molecule is O=PC(O)(CCC(=O)O)N1CCN(CP(=O)(O)CCC(=O)O)CCN(C(O)(CCC(=O)O)P=O)CC1. The maximum atomic E-state index is 12.6. The van der Waals surface area contributed by atoms with Crippen molar-refractivity contribution in [2.45, 2.75) is 43.0 Å². The van der Waals surface area contributed by atoms with E-state index < -0.39 is 97.7 Å². The van der Waals surface area contributed by atoms with Crippen molar-refractivity contribution in [3.05, 3.63) is 0 Å². The summed E-state index contributed by atoms with van der Waals surface area (Å²) in [4.78, 5) is 47.1. The van der Waals surface area contributed by atoms with E-state index in [4.69, 9.17) is 15.3 Å². The molecule has 1 aliphatic heterocycles. The number of aliphatic carboxylic acids is 3. The molecule has 1 saturated heterocycles. The number of aliphatic hydroxyl groups is 2. The Morgan fingerprint density at radius 1 is 0.722 bits per heavy atom. The molecule has 0 aliphatic carbocycles. The fourth-order valence-corrected chi connectivity index (χ4v) is 6.31. The van der Waals surface area contributed by atoms with Crippen molar-refractivity contribution < 1.29 is 58.5 Å². The molecule has 6 N–H and O–H groups in total. The zero-order valence-corrected chi connectivity index (χ0v) is 22.2. The second-order valence-corrected chi connectivity index (χ2v) is 12.7. The molecule has 18 heteroatoms. The van der Waals surface area contributed by atoms with Gasteiger partial charge in [0.25, 0.3) is 0 Å². The van der Waals surface area contributed by atoms with Gasteiger partial charge in [0, 0.05) is 58.3 Å². The van der Waals surface area contributed by atoms with Gasteiger partial charge in [-0.2, -0.15) is 0 Å². The number of carbonyl (C=O) groups is 3. The molecule has 0 aromatic rings. The zero-order chi connectivity index (χ0) is 27.6. The minimum Gasteiger partial charge on any atom is -0.481 e. The molecular formula is C18H32N3O12P3. The summed E-state index contributed by atoms with van der Waals surface area (Å²) in [7, 11) is -5.55. The first-order valence-corrected chi connectivity index (χ1v) is 14.6. The third-order valence-electron chi connectivity index (χ3n) is 5.76. The Kier molecular flexibility index (Phi) is 13.2. The fraction of sp³-hybridized carbons (Fsp3) is 0.833. The molecule has 1 rings (SSSR count). The number of rotatable bonds is 15. The lowest BCUT2D eigenvalue weighted by atomic mass is 10.2. The Balaban J connectivity index is 3.25. The van der Waals surface area contributed by atoms with Gasteiger partial charge in [-0.25, -0.2) is 0 Å². The van der Waals surface area contributed by atoms with E-state index in [1.807, 2.05) is 0 Å². The number of carboxylic acids is 3. The Morgan fingerprint density at radius 3 is 1.42 bits per heavy atom. The van der Waals surface area contributed by atoms with Crippen LogP contribution in [0.25, 0.3) is 0 Å². The lowest BCUT2D eigenvalue weighted by molar-refractivity contribution is -0.140. The second-order valence-electron chi connectivity index (χ2n) is 8.47. The van der Waals surface area contributed by atoms with E-state index in [2.05, 4.69) is 0 Å². The first-order chi connectivity index (χ1) is 16.7. The van der Waals surface area contributed by atoms with Gasteiger partial charge in [-0.05, 0) is 0 Å². The normalized spacial score (nSPS) is 22.0. The van der Waals surface area contributed by atoms with Crippen LogP contribution in [0.5, 0.6) is 0 Å². The first-order valence-electron chi connectivity index (χ1n) is 11.0. The molecule has 3 atom stereocenters. The first kappa shape index (κ1) is 32.6. The van der Waals surface area contributed by atoms with Crippen LogP contribution in [-0.2, 0) is 28.1 Å². The summed E-state index contributed by atoms with van der Waals surface area (Å²) in [6.45, 7) is -0.223. The van der Waals surface area contributed by atoms with Gasteiger partial charge >= 0.3 is 17.9 Å². The summed E-state index contributed by atoms with van der Waals surface area (Å²) in [6.07, 6.45) is -3.34. The molecule has 36 heavy (non-hydrogen) atoms. The summed E-state index contributed by atoms with van der Waals surface area (Å²) in [5, 5.41) is 48.6. The summed E-state index contributed by atoms with van der Waals surface area (Å²) >= 11 is 0. The summed E-state index contributed by atoms with van der Waals surface area (Å²) in [5.74, 6) is -3.73. The fourth-order valence-electron chi connectivity index (χ4n) is 3.68. The number of nitrogens with zero attached hydrogens (tertiary/aromatic N) is 3. The summed E-state index contributed by atoms with van der Waals surface area (Å²) < 4.78 is 36.3. The van der Waals surface area contributed by atoms with Gasteiger partial charge in [0.15, 0.2) is 0 Å². The quantitative estimate of drug-likeness (QED) is 0.143. The van der Waals surface area contributed by atoms with Crippen LogP contribution in [-0.4, -0.2) is 126 Å². The molecule has 206 valence electrons. The van der Waals surface area contributed by atoms with Gasteiger partial charge < -0.3 is 30.4 Å². The van der Waals surface area contributed by atoms with Gasteiger partial charge in [0.1, 0.15) is 0 Å². The molecular weight excluding hydrogens is 543 g/mol. The van der Waals surface area contributed by atoms with Gasteiger partial charge in [-0.1, -0.05) is 0 Å². The third kappa shape index (κ3) is 10.9. The van der Waals surface area contributed by atoms with Crippen molar-refractivity contribution in [2.75, 3.05) is 51.7 Å². The molecule has 0 aromatic carbocycles. The summed E-state index contributed by atoms with van der Waals surface area (Å²) in [6, 6.07) is 0. The average Bonchev–Trinajstić information content (AvgIpc) is 2.90. The van der Waals surface area contributed by atoms with Gasteiger partial charge in [0.05, 0.1) is 25.5 Å². The predicted molar refractivity (Wildman–Crippen MR) is 125 cm³/mol.